The van der Waals surface area contributed by atoms with E-state index in [1.165, 1.54) is 6.26 Å². The minimum absolute atomic E-state index is 0.00232. The number of rotatable bonds is 5. The molecule has 0 radical (unpaired) electrons. The summed E-state index contributed by atoms with van der Waals surface area (Å²) in [6.07, 6.45) is 3.05. The van der Waals surface area contributed by atoms with E-state index < -0.39 is 9.84 Å². The lowest BCUT2D eigenvalue weighted by Crippen LogP contribution is -2.36. The van der Waals surface area contributed by atoms with Gasteiger partial charge in [-0.3, -0.25) is 0 Å². The van der Waals surface area contributed by atoms with Crippen molar-refractivity contribution < 1.29 is 13.5 Å². The molecular formula is C12H25NO3S. The Morgan fingerprint density at radius 1 is 1.41 bits per heavy atom. The van der Waals surface area contributed by atoms with Crippen molar-refractivity contribution in [1.29, 1.82) is 0 Å². The molecule has 2 atom stereocenters. The summed E-state index contributed by atoms with van der Waals surface area (Å²) < 4.78 is 22.1. The summed E-state index contributed by atoms with van der Waals surface area (Å²) in [4.78, 5) is 2.01. The number of nitrogens with zero attached hydrogens (tertiary/aromatic N) is 1. The van der Waals surface area contributed by atoms with E-state index >= 15 is 0 Å². The largest absolute Gasteiger partial charge is 0.392 e. The summed E-state index contributed by atoms with van der Waals surface area (Å²) in [5.41, 5.74) is 0.00232. The van der Waals surface area contributed by atoms with Gasteiger partial charge in [0.05, 0.1) is 11.9 Å². The molecule has 5 heteroatoms. The van der Waals surface area contributed by atoms with E-state index in [1.54, 1.807) is 0 Å². The Balaban J connectivity index is 2.40. The van der Waals surface area contributed by atoms with Crippen LogP contribution in [-0.4, -0.2) is 56.7 Å². The van der Waals surface area contributed by atoms with Crippen LogP contribution in [0.1, 0.15) is 26.7 Å². The molecule has 0 amide bonds. The molecule has 102 valence electrons. The first-order chi connectivity index (χ1) is 7.62. The van der Waals surface area contributed by atoms with Crippen LogP contribution in [0.2, 0.25) is 0 Å². The number of hydrogen-bond acceptors (Lipinski definition) is 4. The molecule has 0 heterocycles. The maximum atomic E-state index is 11.1. The Bertz CT molecular complexity index is 351. The van der Waals surface area contributed by atoms with Crippen molar-refractivity contribution >= 4 is 9.84 Å². The molecular weight excluding hydrogens is 238 g/mol. The van der Waals surface area contributed by atoms with Crippen LogP contribution in [0.5, 0.6) is 0 Å². The summed E-state index contributed by atoms with van der Waals surface area (Å²) in [5, 5.41) is 10.1. The average molecular weight is 263 g/mol. The van der Waals surface area contributed by atoms with Gasteiger partial charge in [0.25, 0.3) is 0 Å². The first kappa shape index (κ1) is 14.9. The van der Waals surface area contributed by atoms with Gasteiger partial charge in [0.2, 0.25) is 0 Å². The van der Waals surface area contributed by atoms with Gasteiger partial charge >= 0.3 is 0 Å². The molecule has 1 fully saturated rings. The molecule has 0 aromatic rings. The van der Waals surface area contributed by atoms with Crippen LogP contribution in [0.15, 0.2) is 0 Å². The van der Waals surface area contributed by atoms with Crippen LogP contribution in [0.4, 0.5) is 0 Å². The van der Waals surface area contributed by atoms with Crippen LogP contribution >= 0.6 is 0 Å². The van der Waals surface area contributed by atoms with E-state index in [4.69, 9.17) is 0 Å². The van der Waals surface area contributed by atoms with E-state index in [9.17, 15) is 13.5 Å². The van der Waals surface area contributed by atoms with Gasteiger partial charge in [-0.2, -0.15) is 0 Å². The number of aliphatic hydroxyl groups excluding tert-OH is 1. The fourth-order valence-corrected chi connectivity index (χ4v) is 3.15. The van der Waals surface area contributed by atoms with Gasteiger partial charge in [0.15, 0.2) is 0 Å². The van der Waals surface area contributed by atoms with Crippen LogP contribution in [0, 0.1) is 11.3 Å². The minimum Gasteiger partial charge on any atom is -0.392 e. The average Bonchev–Trinajstić information content (AvgIpc) is 2.41. The molecule has 0 aromatic carbocycles. The zero-order chi connectivity index (χ0) is 13.3. The Labute approximate surface area is 105 Å². The molecule has 0 saturated heterocycles. The highest BCUT2D eigenvalue weighted by molar-refractivity contribution is 7.90. The van der Waals surface area contributed by atoms with E-state index in [0.717, 1.165) is 19.4 Å². The van der Waals surface area contributed by atoms with E-state index in [1.807, 2.05) is 11.9 Å². The SMILES string of the molecule is CN(CCS(C)(=O)=O)CC1CCC(C)(C)C1O. The second-order valence-corrected chi connectivity index (χ2v) is 8.38. The van der Waals surface area contributed by atoms with E-state index in [2.05, 4.69) is 13.8 Å². The van der Waals surface area contributed by atoms with Crippen molar-refractivity contribution in [3.63, 3.8) is 0 Å². The summed E-state index contributed by atoms with van der Waals surface area (Å²) in [5.74, 6) is 0.463. The van der Waals surface area contributed by atoms with Gasteiger partial charge in [0, 0.05) is 19.3 Å². The van der Waals surface area contributed by atoms with Gasteiger partial charge in [-0.1, -0.05) is 13.8 Å². The quantitative estimate of drug-likeness (QED) is 0.795. The lowest BCUT2D eigenvalue weighted by atomic mass is 9.87. The lowest BCUT2D eigenvalue weighted by molar-refractivity contribution is 0.0362. The van der Waals surface area contributed by atoms with Gasteiger partial charge in [-0.25, -0.2) is 8.42 Å². The monoisotopic (exact) mass is 263 g/mol. The van der Waals surface area contributed by atoms with E-state index in [-0.39, 0.29) is 23.2 Å². The highest BCUT2D eigenvalue weighted by Crippen LogP contribution is 2.41. The smallest absolute Gasteiger partial charge is 0.148 e. The molecule has 0 spiro atoms. The summed E-state index contributed by atoms with van der Waals surface area (Å²) >= 11 is 0. The van der Waals surface area contributed by atoms with Gasteiger partial charge < -0.3 is 10.0 Å². The van der Waals surface area contributed by atoms with Crippen molar-refractivity contribution in [3.8, 4) is 0 Å². The summed E-state index contributed by atoms with van der Waals surface area (Å²) in [6.45, 7) is 5.50. The van der Waals surface area contributed by atoms with Gasteiger partial charge in [-0.15, -0.1) is 0 Å². The first-order valence-electron chi connectivity index (χ1n) is 6.16. The Morgan fingerprint density at radius 3 is 2.41 bits per heavy atom. The molecule has 0 aromatic heterocycles. The van der Waals surface area contributed by atoms with Gasteiger partial charge in [0.1, 0.15) is 9.84 Å². The molecule has 1 aliphatic rings. The summed E-state index contributed by atoms with van der Waals surface area (Å²) in [6, 6.07) is 0. The maximum absolute atomic E-state index is 11.1. The number of hydrogen-bond donors (Lipinski definition) is 1. The molecule has 17 heavy (non-hydrogen) atoms. The predicted octanol–water partition coefficient (Wildman–Crippen LogP) is 0.760. The maximum Gasteiger partial charge on any atom is 0.148 e. The van der Waals surface area contributed by atoms with Crippen molar-refractivity contribution in [2.45, 2.75) is 32.8 Å². The topological polar surface area (TPSA) is 57.6 Å². The molecule has 1 saturated carbocycles. The standard InChI is InChI=1S/C12H25NO3S/c1-12(2)6-5-10(11(12)14)9-13(3)7-8-17(4,15)16/h10-11,14H,5-9H2,1-4H3. The third-order valence-corrected chi connectivity index (χ3v) is 4.72. The van der Waals surface area contributed by atoms with Crippen LogP contribution in [-0.2, 0) is 9.84 Å². The number of sulfone groups is 1. The summed E-state index contributed by atoms with van der Waals surface area (Å²) in [7, 11) is -0.973. The fraction of sp³-hybridized carbons (Fsp3) is 1.00. The first-order valence-corrected chi connectivity index (χ1v) is 8.22. The highest BCUT2D eigenvalue weighted by Gasteiger charge is 2.40. The Kier molecular flexibility index (Phi) is 4.60. The fourth-order valence-electron chi connectivity index (χ4n) is 2.51. The lowest BCUT2D eigenvalue weighted by Gasteiger charge is -2.28. The van der Waals surface area contributed by atoms with Crippen molar-refractivity contribution in [2.24, 2.45) is 11.3 Å². The minimum atomic E-state index is -2.89. The molecule has 2 unspecified atom stereocenters. The molecule has 1 N–H and O–H groups in total. The van der Waals surface area contributed by atoms with E-state index in [0.29, 0.717) is 6.54 Å². The normalized spacial score (nSPS) is 28.8. The van der Waals surface area contributed by atoms with Crippen molar-refractivity contribution in [1.82, 2.24) is 4.90 Å². The Morgan fingerprint density at radius 2 is 2.00 bits per heavy atom. The molecule has 1 rings (SSSR count). The molecule has 0 bridgehead atoms. The molecule has 0 aliphatic heterocycles. The highest BCUT2D eigenvalue weighted by atomic mass is 32.2. The van der Waals surface area contributed by atoms with Crippen molar-refractivity contribution in [2.75, 3.05) is 32.1 Å². The zero-order valence-corrected chi connectivity index (χ0v) is 12.1. The number of aliphatic hydroxyl groups is 1. The third-order valence-electron chi connectivity index (χ3n) is 3.80. The second kappa shape index (κ2) is 5.24. The van der Waals surface area contributed by atoms with Crippen LogP contribution in [0.25, 0.3) is 0 Å². The van der Waals surface area contributed by atoms with Gasteiger partial charge in [-0.05, 0) is 31.2 Å². The van der Waals surface area contributed by atoms with Crippen LogP contribution in [0.3, 0.4) is 0 Å². The Hall–Kier alpha value is -0.130. The predicted molar refractivity (Wildman–Crippen MR) is 69.7 cm³/mol. The second-order valence-electron chi connectivity index (χ2n) is 6.12. The molecule has 4 nitrogen and oxygen atoms in total. The van der Waals surface area contributed by atoms with Crippen LogP contribution < -0.4 is 0 Å². The third kappa shape index (κ3) is 4.56. The zero-order valence-electron chi connectivity index (χ0n) is 11.3. The van der Waals surface area contributed by atoms with Crippen molar-refractivity contribution in [3.05, 3.63) is 0 Å². The molecule has 1 aliphatic carbocycles.